The average Bonchev–Trinajstić information content (AvgIpc) is 2.99. The van der Waals surface area contributed by atoms with Crippen LogP contribution in [0.2, 0.25) is 0 Å². The normalized spacial score (nSPS) is 19.3. The van der Waals surface area contributed by atoms with Gasteiger partial charge in [-0.15, -0.1) is 0 Å². The molecule has 1 atom stereocenters. The van der Waals surface area contributed by atoms with Crippen LogP contribution in [0.5, 0.6) is 0 Å². The number of anilines is 1. The van der Waals surface area contributed by atoms with Crippen LogP contribution >= 0.6 is 0 Å². The Morgan fingerprint density at radius 1 is 1.13 bits per heavy atom. The highest BCUT2D eigenvalue weighted by Crippen LogP contribution is 2.29. The standard InChI is InChI=1S/C19H19N2O2/c1-20-16-10-6-5-9-15(16)13-21-12-11-17(18(20)21)23-19(22)14-7-3-2-4-8-14/h2-10,17H,11-13H2,1H3/q+1/t17-/m0/s1. The van der Waals surface area contributed by atoms with Crippen molar-refractivity contribution in [3.05, 3.63) is 65.7 Å². The fourth-order valence-electron chi connectivity index (χ4n) is 3.49. The highest BCUT2D eigenvalue weighted by atomic mass is 16.5. The van der Waals surface area contributed by atoms with Crippen LogP contribution in [0.25, 0.3) is 0 Å². The number of amidine groups is 1. The van der Waals surface area contributed by atoms with Crippen LogP contribution in [-0.4, -0.2) is 36.1 Å². The van der Waals surface area contributed by atoms with Crippen LogP contribution in [0.1, 0.15) is 22.3 Å². The first kappa shape index (κ1) is 14.0. The number of rotatable bonds is 2. The molecule has 0 aliphatic carbocycles. The van der Waals surface area contributed by atoms with Gasteiger partial charge in [-0.05, 0) is 18.2 Å². The van der Waals surface area contributed by atoms with Gasteiger partial charge in [-0.2, -0.15) is 0 Å². The fraction of sp³-hybridized carbons (Fsp3) is 0.263. The molecule has 0 saturated carbocycles. The molecule has 2 aromatic carbocycles. The lowest BCUT2D eigenvalue weighted by Gasteiger charge is -2.24. The third-order valence-electron chi connectivity index (χ3n) is 4.59. The molecule has 0 fully saturated rings. The van der Waals surface area contributed by atoms with Crippen molar-refractivity contribution in [2.45, 2.75) is 19.1 Å². The summed E-state index contributed by atoms with van der Waals surface area (Å²) in [5, 5.41) is 0. The highest BCUT2D eigenvalue weighted by Gasteiger charge is 2.42. The van der Waals surface area contributed by atoms with Crippen molar-refractivity contribution in [1.82, 2.24) is 0 Å². The quantitative estimate of drug-likeness (QED) is 0.632. The minimum atomic E-state index is -0.253. The van der Waals surface area contributed by atoms with Gasteiger partial charge in [-0.25, -0.2) is 9.69 Å². The molecule has 116 valence electrons. The van der Waals surface area contributed by atoms with Gasteiger partial charge < -0.3 is 4.74 Å². The summed E-state index contributed by atoms with van der Waals surface area (Å²) in [4.78, 5) is 14.5. The van der Waals surface area contributed by atoms with Gasteiger partial charge in [0.1, 0.15) is 12.2 Å². The minimum Gasteiger partial charge on any atom is -0.446 e. The van der Waals surface area contributed by atoms with E-state index in [2.05, 4.69) is 34.7 Å². The molecule has 0 radical (unpaired) electrons. The summed E-state index contributed by atoms with van der Waals surface area (Å²) in [5.74, 6) is 0.838. The predicted octanol–water partition coefficient (Wildman–Crippen LogP) is 2.68. The van der Waals surface area contributed by atoms with Gasteiger partial charge in [0.25, 0.3) is 5.84 Å². The number of para-hydroxylation sites is 1. The summed E-state index contributed by atoms with van der Waals surface area (Å²) in [6, 6.07) is 17.6. The molecule has 2 aliphatic heterocycles. The summed E-state index contributed by atoms with van der Waals surface area (Å²) >= 11 is 0. The van der Waals surface area contributed by atoms with Crippen molar-refractivity contribution in [2.75, 3.05) is 18.5 Å². The Labute approximate surface area is 135 Å². The molecule has 2 aromatic rings. The molecular weight excluding hydrogens is 288 g/mol. The molecule has 0 N–H and O–H groups in total. The number of likely N-dealkylation sites (N-methyl/N-ethyl adjacent to an activating group) is 1. The smallest absolute Gasteiger partial charge is 0.339 e. The summed E-state index contributed by atoms with van der Waals surface area (Å²) < 4.78 is 8.10. The third kappa shape index (κ3) is 2.40. The molecule has 0 unspecified atom stereocenters. The maximum absolute atomic E-state index is 12.4. The maximum Gasteiger partial charge on any atom is 0.339 e. The van der Waals surface area contributed by atoms with Crippen LogP contribution in [0.4, 0.5) is 5.69 Å². The van der Waals surface area contributed by atoms with Crippen LogP contribution in [0.3, 0.4) is 0 Å². The fourth-order valence-corrected chi connectivity index (χ4v) is 3.49. The van der Waals surface area contributed by atoms with Gasteiger partial charge in [-0.1, -0.05) is 36.4 Å². The molecule has 0 bridgehead atoms. The lowest BCUT2D eigenvalue weighted by molar-refractivity contribution is -0.538. The van der Waals surface area contributed by atoms with Gasteiger partial charge in [0.15, 0.2) is 0 Å². The van der Waals surface area contributed by atoms with Crippen molar-refractivity contribution in [2.24, 2.45) is 0 Å². The Morgan fingerprint density at radius 2 is 1.87 bits per heavy atom. The van der Waals surface area contributed by atoms with E-state index in [4.69, 9.17) is 4.74 Å². The van der Waals surface area contributed by atoms with Crippen molar-refractivity contribution in [3.8, 4) is 0 Å². The van der Waals surface area contributed by atoms with Crippen LogP contribution < -0.4 is 4.90 Å². The molecule has 0 saturated heterocycles. The number of hydrogen-bond donors (Lipinski definition) is 0. The molecule has 2 aliphatic rings. The van der Waals surface area contributed by atoms with Gasteiger partial charge in [0, 0.05) is 12.0 Å². The van der Waals surface area contributed by atoms with Crippen LogP contribution in [-0.2, 0) is 11.3 Å². The van der Waals surface area contributed by atoms with E-state index in [1.54, 1.807) is 12.1 Å². The first-order valence-electron chi connectivity index (χ1n) is 7.93. The van der Waals surface area contributed by atoms with E-state index in [1.165, 1.54) is 11.3 Å². The van der Waals surface area contributed by atoms with E-state index in [1.807, 2.05) is 24.3 Å². The monoisotopic (exact) mass is 307 g/mol. The van der Waals surface area contributed by atoms with Gasteiger partial charge in [0.2, 0.25) is 6.10 Å². The second-order valence-electron chi connectivity index (χ2n) is 6.02. The lowest BCUT2D eigenvalue weighted by Crippen LogP contribution is -2.43. The Bertz CT molecular complexity index is 783. The SMILES string of the molecule is CN1C2=[N+](CC[C@@H]2OC(=O)c2ccccc2)Cc2ccccc21. The molecule has 4 nitrogen and oxygen atoms in total. The van der Waals surface area contributed by atoms with E-state index < -0.39 is 0 Å². The molecule has 0 amide bonds. The van der Waals surface area contributed by atoms with E-state index in [9.17, 15) is 4.79 Å². The number of benzene rings is 2. The first-order valence-corrected chi connectivity index (χ1v) is 7.93. The first-order chi connectivity index (χ1) is 11.2. The Hall–Kier alpha value is -2.62. The zero-order chi connectivity index (χ0) is 15.8. The average molecular weight is 307 g/mol. The summed E-state index contributed by atoms with van der Waals surface area (Å²) in [6.07, 6.45) is 0.660. The van der Waals surface area contributed by atoms with Crippen molar-refractivity contribution >= 4 is 17.5 Å². The zero-order valence-corrected chi connectivity index (χ0v) is 13.1. The number of carbonyl (C=O) groups excluding carboxylic acids is 1. The number of fused-ring (bicyclic) bond motifs is 1. The lowest BCUT2D eigenvalue weighted by atomic mass is 10.1. The van der Waals surface area contributed by atoms with E-state index in [0.717, 1.165) is 25.3 Å². The van der Waals surface area contributed by atoms with Crippen molar-refractivity contribution in [1.29, 1.82) is 0 Å². The number of ether oxygens (including phenoxy) is 1. The van der Waals surface area contributed by atoms with E-state index in [0.29, 0.717) is 5.56 Å². The molecule has 0 spiro atoms. The van der Waals surface area contributed by atoms with E-state index in [-0.39, 0.29) is 12.1 Å². The van der Waals surface area contributed by atoms with Gasteiger partial charge >= 0.3 is 5.97 Å². The van der Waals surface area contributed by atoms with E-state index >= 15 is 0 Å². The Balaban J connectivity index is 1.59. The molecular formula is C19H19N2O2+. The second kappa shape index (κ2) is 5.54. The number of carbonyl (C=O) groups is 1. The van der Waals surface area contributed by atoms with Crippen LogP contribution in [0, 0.1) is 0 Å². The summed E-state index contributed by atoms with van der Waals surface area (Å²) in [5.41, 5.74) is 3.11. The van der Waals surface area contributed by atoms with Crippen molar-refractivity contribution in [3.63, 3.8) is 0 Å². The molecule has 2 heterocycles. The Kier molecular flexibility index (Phi) is 3.37. The highest BCUT2D eigenvalue weighted by molar-refractivity contribution is 6.01. The molecule has 23 heavy (non-hydrogen) atoms. The summed E-state index contributed by atoms with van der Waals surface area (Å²) in [7, 11) is 2.05. The van der Waals surface area contributed by atoms with Gasteiger partial charge in [-0.3, -0.25) is 4.58 Å². The van der Waals surface area contributed by atoms with Gasteiger partial charge in [0.05, 0.1) is 19.2 Å². The number of esters is 1. The number of nitrogens with zero attached hydrogens (tertiary/aromatic N) is 2. The molecule has 4 heteroatoms. The Morgan fingerprint density at radius 3 is 2.70 bits per heavy atom. The topological polar surface area (TPSA) is 32.5 Å². The maximum atomic E-state index is 12.4. The number of hydrogen-bond acceptors (Lipinski definition) is 3. The summed E-state index contributed by atoms with van der Waals surface area (Å²) in [6.45, 7) is 1.80. The largest absolute Gasteiger partial charge is 0.446 e. The van der Waals surface area contributed by atoms with Crippen molar-refractivity contribution < 1.29 is 14.1 Å². The second-order valence-corrected chi connectivity index (χ2v) is 6.02. The molecule has 4 rings (SSSR count). The zero-order valence-electron chi connectivity index (χ0n) is 13.1. The molecule has 0 aromatic heterocycles. The van der Waals surface area contributed by atoms with Crippen LogP contribution in [0.15, 0.2) is 54.6 Å². The minimum absolute atomic E-state index is 0.180. The third-order valence-corrected chi connectivity index (χ3v) is 4.59. The predicted molar refractivity (Wildman–Crippen MR) is 88.9 cm³/mol.